The fraction of sp³-hybridized carbons (Fsp3) is 0.429. The third kappa shape index (κ3) is 2.83. The van der Waals surface area contributed by atoms with Gasteiger partial charge in [-0.15, -0.1) is 0 Å². The number of halogens is 1. The normalized spacial score (nSPS) is 14.5. The third-order valence-electron chi connectivity index (χ3n) is 3.02. The lowest BCUT2D eigenvalue weighted by atomic mass is 10.0. The van der Waals surface area contributed by atoms with Crippen molar-refractivity contribution in [3.63, 3.8) is 0 Å². The van der Waals surface area contributed by atoms with Gasteiger partial charge in [0.2, 0.25) is 0 Å². The molecule has 2 rings (SSSR count). The molecule has 0 spiro atoms. The minimum Gasteiger partial charge on any atom is -0.507 e. The Morgan fingerprint density at radius 2 is 2.18 bits per heavy atom. The Hall–Kier alpha value is -0.960. The van der Waals surface area contributed by atoms with Crippen LogP contribution in [-0.2, 0) is 0 Å². The monoisotopic (exact) mass is 296 g/mol. The maximum atomic E-state index is 10.2. The predicted molar refractivity (Wildman–Crippen MR) is 73.3 cm³/mol. The van der Waals surface area contributed by atoms with Crippen molar-refractivity contribution in [1.82, 2.24) is 0 Å². The second-order valence-electron chi connectivity index (χ2n) is 4.34. The van der Waals surface area contributed by atoms with Crippen molar-refractivity contribution in [2.45, 2.75) is 32.6 Å². The number of hydrogen-bond donors (Lipinski definition) is 1. The second kappa shape index (κ2) is 5.58. The van der Waals surface area contributed by atoms with E-state index in [1.54, 1.807) is 0 Å². The maximum Gasteiger partial charge on any atom is 0.130 e. The molecule has 3 heteroatoms. The van der Waals surface area contributed by atoms with Crippen LogP contribution in [0, 0.1) is 0 Å². The van der Waals surface area contributed by atoms with E-state index in [9.17, 15) is 5.11 Å². The summed E-state index contributed by atoms with van der Waals surface area (Å²) in [6, 6.07) is 5.72. The molecule has 17 heavy (non-hydrogen) atoms. The van der Waals surface area contributed by atoms with Gasteiger partial charge in [-0.05, 0) is 31.0 Å². The molecule has 1 N–H and O–H groups in total. The Labute approximate surface area is 110 Å². The zero-order valence-corrected chi connectivity index (χ0v) is 11.6. The van der Waals surface area contributed by atoms with Gasteiger partial charge in [-0.3, -0.25) is 0 Å². The van der Waals surface area contributed by atoms with Gasteiger partial charge in [0.15, 0.2) is 0 Å². The molecule has 1 aliphatic rings. The van der Waals surface area contributed by atoms with Crippen molar-refractivity contribution >= 4 is 21.7 Å². The van der Waals surface area contributed by atoms with Crippen LogP contribution in [0.15, 0.2) is 28.2 Å². The summed E-state index contributed by atoms with van der Waals surface area (Å²) >= 11 is 3.41. The number of fused-ring (bicyclic) bond motifs is 1. The van der Waals surface area contributed by atoms with Gasteiger partial charge in [-0.25, -0.2) is 0 Å². The molecule has 0 bridgehead atoms. The summed E-state index contributed by atoms with van der Waals surface area (Å²) in [6.07, 6.45) is 4.42. The molecule has 1 aliphatic heterocycles. The lowest BCUT2D eigenvalue weighted by molar-refractivity contribution is 0.326. The Morgan fingerprint density at radius 3 is 2.94 bits per heavy atom. The Morgan fingerprint density at radius 1 is 1.35 bits per heavy atom. The summed E-state index contributed by atoms with van der Waals surface area (Å²) in [5, 5.41) is 10.2. The lowest BCUT2D eigenvalue weighted by Crippen LogP contribution is -2.11. The van der Waals surface area contributed by atoms with E-state index in [0.717, 1.165) is 34.2 Å². The van der Waals surface area contributed by atoms with E-state index in [2.05, 4.69) is 22.9 Å². The Balaban J connectivity index is 2.21. The molecule has 0 saturated heterocycles. The highest BCUT2D eigenvalue weighted by molar-refractivity contribution is 9.10. The molecule has 0 atom stereocenters. The van der Waals surface area contributed by atoms with Crippen LogP contribution < -0.4 is 4.74 Å². The van der Waals surface area contributed by atoms with Crippen molar-refractivity contribution in [2.24, 2.45) is 0 Å². The van der Waals surface area contributed by atoms with Gasteiger partial charge in [-0.1, -0.05) is 35.7 Å². The molecular weight excluding hydrogens is 280 g/mol. The summed E-state index contributed by atoms with van der Waals surface area (Å²) in [5.41, 5.74) is 1.82. The molecule has 0 aliphatic carbocycles. The Kier molecular flexibility index (Phi) is 4.11. The molecule has 0 saturated carbocycles. The van der Waals surface area contributed by atoms with E-state index in [-0.39, 0.29) is 0 Å². The predicted octanol–water partition coefficient (Wildman–Crippen LogP) is 4.69. The summed E-state index contributed by atoms with van der Waals surface area (Å²) < 4.78 is 6.61. The van der Waals surface area contributed by atoms with Crippen LogP contribution in [0.1, 0.15) is 38.2 Å². The molecule has 1 aromatic rings. The summed E-state index contributed by atoms with van der Waals surface area (Å²) in [7, 11) is 0. The van der Waals surface area contributed by atoms with Crippen LogP contribution in [0.4, 0.5) is 0 Å². The van der Waals surface area contributed by atoms with Gasteiger partial charge in [0.05, 0.1) is 5.56 Å². The quantitative estimate of drug-likeness (QED) is 0.817. The second-order valence-corrected chi connectivity index (χ2v) is 5.25. The molecule has 0 amide bonds. The molecule has 0 unspecified atom stereocenters. The lowest BCUT2D eigenvalue weighted by Gasteiger charge is -2.21. The van der Waals surface area contributed by atoms with Gasteiger partial charge in [0.1, 0.15) is 18.1 Å². The first-order chi connectivity index (χ1) is 8.22. The van der Waals surface area contributed by atoms with E-state index in [4.69, 9.17) is 4.74 Å². The average Bonchev–Trinajstić information content (AvgIpc) is 2.33. The standard InChI is InChI=1S/C14H17BrO2/c1-2-3-4-5-10-9-17-13-7-6-11(15)8-12(13)14(10)16/h6-8,16H,2-5,9H2,1H3. The zero-order chi connectivity index (χ0) is 12.3. The summed E-state index contributed by atoms with van der Waals surface area (Å²) in [6.45, 7) is 2.70. The minimum atomic E-state index is 0.406. The van der Waals surface area contributed by atoms with Crippen LogP contribution in [0.3, 0.4) is 0 Å². The van der Waals surface area contributed by atoms with E-state index >= 15 is 0 Å². The van der Waals surface area contributed by atoms with E-state index < -0.39 is 0 Å². The zero-order valence-electron chi connectivity index (χ0n) is 10.0. The number of hydrogen-bond acceptors (Lipinski definition) is 2. The fourth-order valence-electron chi connectivity index (χ4n) is 2.02. The molecule has 0 aromatic heterocycles. The van der Waals surface area contributed by atoms with E-state index in [1.807, 2.05) is 18.2 Å². The van der Waals surface area contributed by atoms with Gasteiger partial charge >= 0.3 is 0 Å². The first kappa shape index (κ1) is 12.5. The smallest absolute Gasteiger partial charge is 0.130 e. The maximum absolute atomic E-state index is 10.2. The molecule has 1 aromatic carbocycles. The van der Waals surface area contributed by atoms with Crippen LogP contribution in [-0.4, -0.2) is 11.7 Å². The topological polar surface area (TPSA) is 29.5 Å². The molecule has 1 heterocycles. The molecule has 0 radical (unpaired) electrons. The minimum absolute atomic E-state index is 0.406. The summed E-state index contributed by atoms with van der Waals surface area (Å²) in [4.78, 5) is 0. The van der Waals surface area contributed by atoms with Gasteiger partial charge in [0, 0.05) is 10.0 Å². The number of benzene rings is 1. The number of aliphatic hydroxyl groups is 1. The third-order valence-corrected chi connectivity index (χ3v) is 3.51. The van der Waals surface area contributed by atoms with Crippen LogP contribution in [0.5, 0.6) is 5.75 Å². The highest BCUT2D eigenvalue weighted by atomic mass is 79.9. The molecular formula is C14H17BrO2. The molecule has 0 fully saturated rings. The van der Waals surface area contributed by atoms with E-state index in [0.29, 0.717) is 12.4 Å². The van der Waals surface area contributed by atoms with Crippen molar-refractivity contribution in [2.75, 3.05) is 6.61 Å². The first-order valence-electron chi connectivity index (χ1n) is 6.06. The van der Waals surface area contributed by atoms with Crippen LogP contribution in [0.25, 0.3) is 5.76 Å². The number of aliphatic hydroxyl groups excluding tert-OH is 1. The molecule has 92 valence electrons. The van der Waals surface area contributed by atoms with Crippen molar-refractivity contribution < 1.29 is 9.84 Å². The van der Waals surface area contributed by atoms with Crippen molar-refractivity contribution in [3.05, 3.63) is 33.8 Å². The Bertz CT molecular complexity index is 438. The van der Waals surface area contributed by atoms with Crippen LogP contribution in [0.2, 0.25) is 0 Å². The highest BCUT2D eigenvalue weighted by Gasteiger charge is 2.19. The molecule has 2 nitrogen and oxygen atoms in total. The van der Waals surface area contributed by atoms with Gasteiger partial charge in [-0.2, -0.15) is 0 Å². The fourth-order valence-corrected chi connectivity index (χ4v) is 2.38. The van der Waals surface area contributed by atoms with E-state index in [1.165, 1.54) is 12.8 Å². The summed E-state index contributed by atoms with van der Waals surface area (Å²) in [5.74, 6) is 1.17. The SMILES string of the molecule is CCCCCC1=C(O)c2cc(Br)ccc2OC1. The highest BCUT2D eigenvalue weighted by Crippen LogP contribution is 2.34. The number of unbranched alkanes of at least 4 members (excludes halogenated alkanes) is 2. The van der Waals surface area contributed by atoms with Crippen molar-refractivity contribution in [1.29, 1.82) is 0 Å². The van der Waals surface area contributed by atoms with Gasteiger partial charge < -0.3 is 9.84 Å². The average molecular weight is 297 g/mol. The van der Waals surface area contributed by atoms with Crippen LogP contribution >= 0.6 is 15.9 Å². The first-order valence-corrected chi connectivity index (χ1v) is 6.85. The van der Waals surface area contributed by atoms with Crippen molar-refractivity contribution in [3.8, 4) is 5.75 Å². The number of rotatable bonds is 4. The largest absolute Gasteiger partial charge is 0.507 e. The van der Waals surface area contributed by atoms with Gasteiger partial charge in [0.25, 0.3) is 0 Å². The number of ether oxygens (including phenoxy) is 1.